The smallest absolute Gasteiger partial charge is 0.326 e. The standard InChI is InChI=1S/C29H33ClN2O4/c1-36-23-6-7-24-21(11-23)12-25(28(34)35)32(26(33)16-30)27(24)20-2-4-22(5-3-20)31-29-13-17-8-18(14-29)10-19(9-17)15-29/h2-7,11,17-19,25,27,31H,8-10,12-16H2,1H3,(H,34,35)/t17?,18?,19?,25-,27+,29?/m1/s1. The van der Waals surface area contributed by atoms with E-state index in [4.69, 9.17) is 16.3 Å². The molecule has 4 bridgehead atoms. The molecule has 1 heterocycles. The Labute approximate surface area is 217 Å². The topological polar surface area (TPSA) is 78.9 Å². The third kappa shape index (κ3) is 4.03. The first-order valence-corrected chi connectivity index (χ1v) is 13.6. The summed E-state index contributed by atoms with van der Waals surface area (Å²) in [5.74, 6) is 1.57. The predicted octanol–water partition coefficient (Wildman–Crippen LogP) is 5.24. The van der Waals surface area contributed by atoms with Gasteiger partial charge in [-0.2, -0.15) is 0 Å². The third-order valence-electron chi connectivity index (χ3n) is 9.03. The highest BCUT2D eigenvalue weighted by atomic mass is 35.5. The third-order valence-corrected chi connectivity index (χ3v) is 9.26. The molecular formula is C29H33ClN2O4. The van der Waals surface area contributed by atoms with Crippen molar-refractivity contribution in [1.82, 2.24) is 4.90 Å². The SMILES string of the molecule is COc1ccc2c(c1)C[C@H](C(=O)O)N(C(=O)CCl)[C@H]2c1ccc(NC23CC4CC(CC(C4)C2)C3)cc1. The van der Waals surface area contributed by atoms with E-state index in [-0.39, 0.29) is 23.7 Å². The number of ether oxygens (including phenoxy) is 1. The maximum absolute atomic E-state index is 13.0. The fraction of sp³-hybridized carbons (Fsp3) is 0.517. The average molecular weight is 509 g/mol. The molecule has 0 aromatic heterocycles. The number of alkyl halides is 1. The summed E-state index contributed by atoms with van der Waals surface area (Å²) in [5, 5.41) is 13.9. The van der Waals surface area contributed by atoms with Crippen LogP contribution in [0.25, 0.3) is 0 Å². The molecule has 0 spiro atoms. The summed E-state index contributed by atoms with van der Waals surface area (Å²) in [6.07, 6.45) is 8.21. The van der Waals surface area contributed by atoms with Crippen LogP contribution in [0.3, 0.4) is 0 Å². The molecule has 0 unspecified atom stereocenters. The lowest BCUT2D eigenvalue weighted by atomic mass is 9.53. The van der Waals surface area contributed by atoms with E-state index in [1.165, 1.54) is 43.4 Å². The van der Waals surface area contributed by atoms with Gasteiger partial charge in [0.2, 0.25) is 5.91 Å². The van der Waals surface area contributed by atoms with Crippen LogP contribution in [-0.4, -0.2) is 46.5 Å². The number of anilines is 1. The monoisotopic (exact) mass is 508 g/mol. The van der Waals surface area contributed by atoms with Crippen LogP contribution in [0.4, 0.5) is 5.69 Å². The fourth-order valence-corrected chi connectivity index (χ4v) is 8.18. The number of benzene rings is 2. The van der Waals surface area contributed by atoms with Gasteiger partial charge in [-0.1, -0.05) is 18.2 Å². The second-order valence-electron chi connectivity index (χ2n) is 11.4. The van der Waals surface area contributed by atoms with Gasteiger partial charge in [-0.25, -0.2) is 4.79 Å². The number of rotatable bonds is 6. The molecule has 0 saturated heterocycles. The van der Waals surface area contributed by atoms with Crippen molar-refractivity contribution in [3.05, 3.63) is 59.2 Å². The summed E-state index contributed by atoms with van der Waals surface area (Å²) in [6, 6.07) is 12.4. The van der Waals surface area contributed by atoms with E-state index in [1.54, 1.807) is 7.11 Å². The average Bonchev–Trinajstić information content (AvgIpc) is 2.86. The largest absolute Gasteiger partial charge is 0.497 e. The maximum atomic E-state index is 13.0. The van der Waals surface area contributed by atoms with E-state index in [2.05, 4.69) is 17.4 Å². The van der Waals surface area contributed by atoms with E-state index in [0.717, 1.165) is 40.1 Å². The zero-order valence-corrected chi connectivity index (χ0v) is 21.3. The second-order valence-corrected chi connectivity index (χ2v) is 11.7. The van der Waals surface area contributed by atoms with Crippen molar-refractivity contribution < 1.29 is 19.4 Å². The first-order valence-electron chi connectivity index (χ1n) is 13.0. The van der Waals surface area contributed by atoms with Crippen molar-refractivity contribution >= 4 is 29.2 Å². The van der Waals surface area contributed by atoms with Crippen LogP contribution in [0.15, 0.2) is 42.5 Å². The molecule has 1 aliphatic heterocycles. The number of fused-ring (bicyclic) bond motifs is 1. The van der Waals surface area contributed by atoms with E-state index < -0.39 is 18.1 Å². The number of nitrogens with zero attached hydrogens (tertiary/aromatic N) is 1. The first kappa shape index (κ1) is 23.7. The molecule has 7 heteroatoms. The van der Waals surface area contributed by atoms with Gasteiger partial charge in [0.1, 0.15) is 17.7 Å². The van der Waals surface area contributed by atoms with Crippen LogP contribution in [-0.2, 0) is 16.0 Å². The van der Waals surface area contributed by atoms with Gasteiger partial charge < -0.3 is 20.1 Å². The summed E-state index contributed by atoms with van der Waals surface area (Å²) in [7, 11) is 1.59. The van der Waals surface area contributed by atoms with Crippen molar-refractivity contribution in [2.45, 2.75) is 62.6 Å². The van der Waals surface area contributed by atoms with Gasteiger partial charge in [0.05, 0.1) is 13.2 Å². The minimum absolute atomic E-state index is 0.208. The Morgan fingerprint density at radius 2 is 1.69 bits per heavy atom. The van der Waals surface area contributed by atoms with Crippen molar-refractivity contribution in [3.63, 3.8) is 0 Å². The highest BCUT2D eigenvalue weighted by Gasteiger charge is 2.51. The molecule has 5 aliphatic rings. The molecule has 2 N–H and O–H groups in total. The summed E-state index contributed by atoms with van der Waals surface area (Å²) in [6.45, 7) is 0. The Balaban J connectivity index is 1.33. The zero-order chi connectivity index (χ0) is 25.0. The number of carbonyl (C=O) groups is 2. The fourth-order valence-electron chi connectivity index (χ4n) is 8.04. The lowest BCUT2D eigenvalue weighted by Crippen LogP contribution is -2.54. The van der Waals surface area contributed by atoms with Crippen molar-refractivity contribution in [2.24, 2.45) is 17.8 Å². The Kier molecular flexibility index (Phi) is 5.90. The quantitative estimate of drug-likeness (QED) is 0.521. The molecule has 6 nitrogen and oxygen atoms in total. The van der Waals surface area contributed by atoms with Crippen LogP contribution in [0.2, 0.25) is 0 Å². The minimum atomic E-state index is -1.04. The van der Waals surface area contributed by atoms with Gasteiger partial charge >= 0.3 is 5.97 Å². The number of aliphatic carboxylic acids is 1. The van der Waals surface area contributed by atoms with Gasteiger partial charge in [0, 0.05) is 17.6 Å². The van der Waals surface area contributed by atoms with E-state index >= 15 is 0 Å². The van der Waals surface area contributed by atoms with Crippen molar-refractivity contribution in [3.8, 4) is 5.75 Å². The molecular weight excluding hydrogens is 476 g/mol. The number of carboxylic acid groups (broad SMARTS) is 1. The normalized spacial score (nSPS) is 32.2. The van der Waals surface area contributed by atoms with Gasteiger partial charge in [-0.05, 0) is 97.2 Å². The summed E-state index contributed by atoms with van der Waals surface area (Å²) in [5.41, 5.74) is 3.97. The molecule has 1 amide bonds. The van der Waals surface area contributed by atoms with Gasteiger partial charge in [0.15, 0.2) is 0 Å². The Hall–Kier alpha value is -2.73. The Bertz CT molecular complexity index is 1150. The van der Waals surface area contributed by atoms with Crippen LogP contribution >= 0.6 is 11.6 Å². The number of carboxylic acids is 1. The molecule has 190 valence electrons. The molecule has 36 heavy (non-hydrogen) atoms. The van der Waals surface area contributed by atoms with Gasteiger partial charge in [0.25, 0.3) is 0 Å². The molecule has 2 atom stereocenters. The first-order chi connectivity index (χ1) is 17.4. The van der Waals surface area contributed by atoms with Crippen LogP contribution in [0, 0.1) is 17.8 Å². The lowest BCUT2D eigenvalue weighted by Gasteiger charge is -2.57. The predicted molar refractivity (Wildman–Crippen MR) is 138 cm³/mol. The van der Waals surface area contributed by atoms with Crippen LogP contribution in [0.1, 0.15) is 61.3 Å². The number of hydrogen-bond donors (Lipinski definition) is 2. The lowest BCUT2D eigenvalue weighted by molar-refractivity contribution is -0.151. The number of amides is 1. The number of carbonyl (C=O) groups excluding carboxylic acids is 1. The second kappa shape index (κ2) is 8.98. The summed E-state index contributed by atoms with van der Waals surface area (Å²) < 4.78 is 5.39. The summed E-state index contributed by atoms with van der Waals surface area (Å²) in [4.78, 5) is 26.7. The molecule has 7 rings (SSSR count). The maximum Gasteiger partial charge on any atom is 0.326 e. The minimum Gasteiger partial charge on any atom is -0.497 e. The molecule has 4 aliphatic carbocycles. The summed E-state index contributed by atoms with van der Waals surface area (Å²) >= 11 is 5.97. The zero-order valence-electron chi connectivity index (χ0n) is 20.6. The van der Waals surface area contributed by atoms with Gasteiger partial charge in [-0.3, -0.25) is 4.79 Å². The molecule has 2 aromatic rings. The van der Waals surface area contributed by atoms with Crippen LogP contribution in [0.5, 0.6) is 5.75 Å². The Morgan fingerprint density at radius 3 is 2.25 bits per heavy atom. The van der Waals surface area contributed by atoms with Crippen LogP contribution < -0.4 is 10.1 Å². The number of hydrogen-bond acceptors (Lipinski definition) is 4. The van der Waals surface area contributed by atoms with E-state index in [0.29, 0.717) is 5.75 Å². The van der Waals surface area contributed by atoms with E-state index in [1.807, 2.05) is 30.3 Å². The number of nitrogens with one attached hydrogen (secondary N) is 1. The number of methoxy groups -OCH3 is 1. The molecule has 2 aromatic carbocycles. The molecule has 0 radical (unpaired) electrons. The van der Waals surface area contributed by atoms with Crippen molar-refractivity contribution in [1.29, 1.82) is 0 Å². The highest BCUT2D eigenvalue weighted by molar-refractivity contribution is 6.27. The van der Waals surface area contributed by atoms with Gasteiger partial charge in [-0.15, -0.1) is 11.6 Å². The Morgan fingerprint density at radius 1 is 1.06 bits per heavy atom. The number of halogens is 1. The molecule has 4 fully saturated rings. The highest BCUT2D eigenvalue weighted by Crippen LogP contribution is 2.56. The molecule has 4 saturated carbocycles. The van der Waals surface area contributed by atoms with E-state index in [9.17, 15) is 14.7 Å². The van der Waals surface area contributed by atoms with Crippen molar-refractivity contribution in [2.75, 3.05) is 18.3 Å².